The van der Waals surface area contributed by atoms with Crippen molar-refractivity contribution in [3.8, 4) is 0 Å². The van der Waals surface area contributed by atoms with E-state index in [-0.39, 0.29) is 5.25 Å². The lowest BCUT2D eigenvalue weighted by atomic mass is 10.0. The van der Waals surface area contributed by atoms with Crippen molar-refractivity contribution >= 4 is 34.2 Å². The number of nitrogens with zero attached hydrogens (tertiary/aromatic N) is 1. The number of aliphatic imine (C=N–C) groups is 1. The van der Waals surface area contributed by atoms with E-state index in [1.54, 1.807) is 11.8 Å². The highest BCUT2D eigenvalue weighted by Crippen LogP contribution is 2.44. The van der Waals surface area contributed by atoms with Gasteiger partial charge in [-0.3, -0.25) is 0 Å². The highest BCUT2D eigenvalue weighted by atomic mass is 35.5. The van der Waals surface area contributed by atoms with Gasteiger partial charge in [0.25, 0.3) is 0 Å². The number of amidine groups is 1. The molecule has 1 unspecified atom stereocenters. The Morgan fingerprint density at radius 3 is 2.67 bits per heavy atom. The standard InChI is InChI=1S/C14H11ClN2S/c15-10-6-7-12-11(8-10)13(18-14(16)17-12)9-4-2-1-3-5-9/h1-8,13H,(H2,16,17). The summed E-state index contributed by atoms with van der Waals surface area (Å²) in [5.41, 5.74) is 9.13. The zero-order valence-electron chi connectivity index (χ0n) is 9.51. The maximum absolute atomic E-state index is 6.08. The third-order valence-electron chi connectivity index (χ3n) is 2.84. The number of benzene rings is 2. The molecule has 0 aliphatic carbocycles. The molecule has 2 aromatic carbocycles. The quantitative estimate of drug-likeness (QED) is 0.849. The lowest BCUT2D eigenvalue weighted by Gasteiger charge is -2.23. The van der Waals surface area contributed by atoms with Crippen LogP contribution in [-0.2, 0) is 0 Å². The molecule has 0 spiro atoms. The summed E-state index contributed by atoms with van der Waals surface area (Å²) in [7, 11) is 0. The van der Waals surface area contributed by atoms with Gasteiger partial charge in [-0.15, -0.1) is 0 Å². The fourth-order valence-corrected chi connectivity index (χ4v) is 3.22. The van der Waals surface area contributed by atoms with E-state index < -0.39 is 0 Å². The second-order valence-electron chi connectivity index (χ2n) is 4.06. The van der Waals surface area contributed by atoms with E-state index in [1.165, 1.54) is 5.56 Å². The largest absolute Gasteiger partial charge is 0.378 e. The Kier molecular flexibility index (Phi) is 3.02. The summed E-state index contributed by atoms with van der Waals surface area (Å²) in [5, 5.41) is 1.49. The molecule has 1 heterocycles. The highest BCUT2D eigenvalue weighted by Gasteiger charge is 2.23. The third kappa shape index (κ3) is 2.11. The van der Waals surface area contributed by atoms with Gasteiger partial charge < -0.3 is 5.73 Å². The van der Waals surface area contributed by atoms with Gasteiger partial charge in [-0.2, -0.15) is 0 Å². The van der Waals surface area contributed by atoms with Crippen LogP contribution in [0.2, 0.25) is 5.02 Å². The molecule has 90 valence electrons. The van der Waals surface area contributed by atoms with Gasteiger partial charge >= 0.3 is 0 Å². The molecule has 1 atom stereocenters. The summed E-state index contributed by atoms with van der Waals surface area (Å²) < 4.78 is 0. The van der Waals surface area contributed by atoms with Crippen molar-refractivity contribution in [2.24, 2.45) is 10.7 Å². The molecule has 2 aromatic rings. The first-order valence-corrected chi connectivity index (χ1v) is 6.85. The maximum atomic E-state index is 6.08. The Labute approximate surface area is 115 Å². The minimum atomic E-state index is 0.164. The van der Waals surface area contributed by atoms with E-state index >= 15 is 0 Å². The van der Waals surface area contributed by atoms with Crippen LogP contribution in [-0.4, -0.2) is 5.17 Å². The summed E-state index contributed by atoms with van der Waals surface area (Å²) in [4.78, 5) is 4.36. The number of hydrogen-bond donors (Lipinski definition) is 1. The minimum absolute atomic E-state index is 0.164. The fraction of sp³-hybridized carbons (Fsp3) is 0.0714. The molecule has 1 aliphatic rings. The molecule has 2 nitrogen and oxygen atoms in total. The van der Waals surface area contributed by atoms with Crippen molar-refractivity contribution in [1.82, 2.24) is 0 Å². The summed E-state index contributed by atoms with van der Waals surface area (Å²) in [6, 6.07) is 16.0. The summed E-state index contributed by atoms with van der Waals surface area (Å²) in [5.74, 6) is 0. The number of rotatable bonds is 1. The lowest BCUT2D eigenvalue weighted by Crippen LogP contribution is -2.14. The van der Waals surface area contributed by atoms with Gasteiger partial charge in [0.05, 0.1) is 10.9 Å². The first kappa shape index (κ1) is 11.6. The predicted octanol–water partition coefficient (Wildman–Crippen LogP) is 4.12. The van der Waals surface area contributed by atoms with Gasteiger partial charge in [0.2, 0.25) is 0 Å². The molecule has 0 aromatic heterocycles. The number of halogens is 1. The van der Waals surface area contributed by atoms with E-state index in [9.17, 15) is 0 Å². The average Bonchev–Trinajstić information content (AvgIpc) is 2.39. The summed E-state index contributed by atoms with van der Waals surface area (Å²) >= 11 is 7.64. The molecule has 0 amide bonds. The molecular formula is C14H11ClN2S. The van der Waals surface area contributed by atoms with E-state index in [0.717, 1.165) is 16.3 Å². The minimum Gasteiger partial charge on any atom is -0.378 e. The fourth-order valence-electron chi connectivity index (χ4n) is 2.04. The molecule has 0 saturated carbocycles. The monoisotopic (exact) mass is 274 g/mol. The highest BCUT2D eigenvalue weighted by molar-refractivity contribution is 8.14. The van der Waals surface area contributed by atoms with Gasteiger partial charge in [-0.05, 0) is 29.3 Å². The van der Waals surface area contributed by atoms with Crippen molar-refractivity contribution in [2.45, 2.75) is 5.25 Å². The van der Waals surface area contributed by atoms with Gasteiger partial charge in [0.1, 0.15) is 0 Å². The Morgan fingerprint density at radius 2 is 1.89 bits per heavy atom. The molecule has 0 radical (unpaired) electrons. The zero-order chi connectivity index (χ0) is 12.5. The van der Waals surface area contributed by atoms with Crippen LogP contribution in [0.5, 0.6) is 0 Å². The molecule has 3 rings (SSSR count). The van der Waals surface area contributed by atoms with Crippen LogP contribution in [0.1, 0.15) is 16.4 Å². The van der Waals surface area contributed by atoms with E-state index in [2.05, 4.69) is 17.1 Å². The second kappa shape index (κ2) is 4.67. The van der Waals surface area contributed by atoms with E-state index in [1.807, 2.05) is 36.4 Å². The first-order valence-electron chi connectivity index (χ1n) is 5.59. The van der Waals surface area contributed by atoms with Crippen LogP contribution < -0.4 is 5.73 Å². The van der Waals surface area contributed by atoms with Crippen LogP contribution >= 0.6 is 23.4 Å². The Morgan fingerprint density at radius 1 is 1.11 bits per heavy atom. The molecule has 1 aliphatic heterocycles. The van der Waals surface area contributed by atoms with Crippen LogP contribution in [0, 0.1) is 0 Å². The summed E-state index contributed by atoms with van der Waals surface area (Å²) in [6.07, 6.45) is 0. The van der Waals surface area contributed by atoms with Crippen LogP contribution in [0.15, 0.2) is 53.5 Å². The number of fused-ring (bicyclic) bond motifs is 1. The van der Waals surface area contributed by atoms with Gasteiger partial charge in [0, 0.05) is 5.02 Å². The normalized spacial score (nSPS) is 18.1. The van der Waals surface area contributed by atoms with Crippen LogP contribution in [0.4, 0.5) is 5.69 Å². The lowest BCUT2D eigenvalue weighted by molar-refractivity contribution is 1.14. The molecule has 0 saturated heterocycles. The van der Waals surface area contributed by atoms with Crippen LogP contribution in [0.25, 0.3) is 0 Å². The van der Waals surface area contributed by atoms with E-state index in [4.69, 9.17) is 17.3 Å². The predicted molar refractivity (Wildman–Crippen MR) is 78.6 cm³/mol. The Bertz CT molecular complexity index is 610. The molecule has 0 bridgehead atoms. The average molecular weight is 275 g/mol. The topological polar surface area (TPSA) is 38.4 Å². The molecule has 0 fully saturated rings. The molecular weight excluding hydrogens is 264 g/mol. The van der Waals surface area contributed by atoms with Crippen molar-refractivity contribution in [3.05, 3.63) is 64.7 Å². The molecule has 18 heavy (non-hydrogen) atoms. The SMILES string of the molecule is NC1=Nc2ccc(Cl)cc2C(c2ccccc2)S1. The van der Waals surface area contributed by atoms with Gasteiger partial charge in [0.15, 0.2) is 5.17 Å². The number of hydrogen-bond acceptors (Lipinski definition) is 3. The van der Waals surface area contributed by atoms with E-state index in [0.29, 0.717) is 5.17 Å². The zero-order valence-corrected chi connectivity index (χ0v) is 11.1. The third-order valence-corrected chi connectivity index (χ3v) is 4.17. The van der Waals surface area contributed by atoms with Crippen molar-refractivity contribution < 1.29 is 0 Å². The Hall–Kier alpha value is -1.45. The van der Waals surface area contributed by atoms with Crippen LogP contribution in [0.3, 0.4) is 0 Å². The maximum Gasteiger partial charge on any atom is 0.160 e. The van der Waals surface area contributed by atoms with Crippen molar-refractivity contribution in [1.29, 1.82) is 0 Å². The smallest absolute Gasteiger partial charge is 0.160 e. The van der Waals surface area contributed by atoms with Gasteiger partial charge in [-0.25, -0.2) is 4.99 Å². The van der Waals surface area contributed by atoms with Gasteiger partial charge in [-0.1, -0.05) is 53.7 Å². The van der Waals surface area contributed by atoms with Crippen molar-refractivity contribution in [3.63, 3.8) is 0 Å². The number of thioether (sulfide) groups is 1. The number of nitrogens with two attached hydrogens (primary N) is 1. The molecule has 2 N–H and O–H groups in total. The first-order chi connectivity index (χ1) is 8.74. The summed E-state index contributed by atoms with van der Waals surface area (Å²) in [6.45, 7) is 0. The second-order valence-corrected chi connectivity index (χ2v) is 5.62. The van der Waals surface area contributed by atoms with Crippen molar-refractivity contribution in [2.75, 3.05) is 0 Å². The Balaban J connectivity index is 2.14. The molecule has 4 heteroatoms.